The third-order valence-corrected chi connectivity index (χ3v) is 2.77. The van der Waals surface area contributed by atoms with Gasteiger partial charge in [0.1, 0.15) is 0 Å². The average molecular weight is 266 g/mol. The molecule has 0 unspecified atom stereocenters. The van der Waals surface area contributed by atoms with Gasteiger partial charge >= 0.3 is 0 Å². The summed E-state index contributed by atoms with van der Waals surface area (Å²) in [6, 6.07) is 4.87. The molecule has 5 nitrogen and oxygen atoms in total. The SMILES string of the molecule is Cc1ccc([N+](=O)[O-])cc1NCCCCOC(C)C. The number of unbranched alkanes of at least 4 members (excludes halogenated alkanes) is 1. The summed E-state index contributed by atoms with van der Waals surface area (Å²) in [7, 11) is 0. The van der Waals surface area contributed by atoms with Crippen molar-refractivity contribution in [2.45, 2.75) is 39.7 Å². The summed E-state index contributed by atoms with van der Waals surface area (Å²) in [5.74, 6) is 0. The van der Waals surface area contributed by atoms with Crippen LogP contribution in [0.4, 0.5) is 11.4 Å². The topological polar surface area (TPSA) is 64.4 Å². The molecule has 0 saturated carbocycles. The Morgan fingerprint density at radius 1 is 1.37 bits per heavy atom. The largest absolute Gasteiger partial charge is 0.385 e. The Morgan fingerprint density at radius 2 is 2.11 bits per heavy atom. The Hall–Kier alpha value is -1.62. The fourth-order valence-corrected chi connectivity index (χ4v) is 1.68. The van der Waals surface area contributed by atoms with E-state index in [2.05, 4.69) is 5.32 Å². The number of aryl methyl sites for hydroxylation is 1. The van der Waals surface area contributed by atoms with Gasteiger partial charge < -0.3 is 10.1 Å². The van der Waals surface area contributed by atoms with Crippen LogP contribution < -0.4 is 5.32 Å². The average Bonchev–Trinajstić information content (AvgIpc) is 2.34. The lowest BCUT2D eigenvalue weighted by Crippen LogP contribution is -2.07. The van der Waals surface area contributed by atoms with Gasteiger partial charge in [-0.2, -0.15) is 0 Å². The highest BCUT2D eigenvalue weighted by Crippen LogP contribution is 2.21. The number of ether oxygens (including phenoxy) is 1. The van der Waals surface area contributed by atoms with Crippen LogP contribution in [0, 0.1) is 17.0 Å². The lowest BCUT2D eigenvalue weighted by atomic mass is 10.1. The van der Waals surface area contributed by atoms with E-state index in [9.17, 15) is 10.1 Å². The highest BCUT2D eigenvalue weighted by Gasteiger charge is 2.07. The monoisotopic (exact) mass is 266 g/mol. The molecule has 0 amide bonds. The summed E-state index contributed by atoms with van der Waals surface area (Å²) in [4.78, 5) is 10.3. The smallest absolute Gasteiger partial charge is 0.271 e. The summed E-state index contributed by atoms with van der Waals surface area (Å²) in [5.41, 5.74) is 1.97. The van der Waals surface area contributed by atoms with Crippen molar-refractivity contribution in [1.82, 2.24) is 0 Å². The van der Waals surface area contributed by atoms with Crippen LogP contribution in [0.1, 0.15) is 32.3 Å². The number of hydrogen-bond donors (Lipinski definition) is 1. The van der Waals surface area contributed by atoms with Crippen molar-refractivity contribution in [2.24, 2.45) is 0 Å². The van der Waals surface area contributed by atoms with Crippen molar-refractivity contribution in [3.63, 3.8) is 0 Å². The van der Waals surface area contributed by atoms with Crippen molar-refractivity contribution < 1.29 is 9.66 Å². The molecule has 1 aromatic carbocycles. The van der Waals surface area contributed by atoms with E-state index in [-0.39, 0.29) is 16.7 Å². The van der Waals surface area contributed by atoms with Crippen LogP contribution in [-0.2, 0) is 4.74 Å². The molecule has 1 rings (SSSR count). The maximum atomic E-state index is 10.7. The van der Waals surface area contributed by atoms with E-state index in [1.165, 1.54) is 6.07 Å². The third-order valence-electron chi connectivity index (χ3n) is 2.77. The van der Waals surface area contributed by atoms with Crippen LogP contribution >= 0.6 is 0 Å². The first-order valence-corrected chi connectivity index (χ1v) is 6.61. The summed E-state index contributed by atoms with van der Waals surface area (Å²) in [6.45, 7) is 7.53. The van der Waals surface area contributed by atoms with Gasteiger partial charge in [0, 0.05) is 31.0 Å². The maximum absolute atomic E-state index is 10.7. The molecule has 0 atom stereocenters. The minimum atomic E-state index is -0.374. The predicted octanol–water partition coefficient (Wildman–Crippen LogP) is 3.52. The third kappa shape index (κ3) is 5.70. The van der Waals surface area contributed by atoms with Crippen LogP contribution in [0.5, 0.6) is 0 Å². The van der Waals surface area contributed by atoms with Crippen molar-refractivity contribution in [3.05, 3.63) is 33.9 Å². The Morgan fingerprint density at radius 3 is 2.74 bits per heavy atom. The fraction of sp³-hybridized carbons (Fsp3) is 0.571. The van der Waals surface area contributed by atoms with Crippen LogP contribution in [0.2, 0.25) is 0 Å². The Bertz CT molecular complexity index is 419. The summed E-state index contributed by atoms with van der Waals surface area (Å²) in [5, 5.41) is 13.9. The van der Waals surface area contributed by atoms with E-state index >= 15 is 0 Å². The minimum absolute atomic E-state index is 0.122. The highest BCUT2D eigenvalue weighted by atomic mass is 16.6. The molecule has 0 aromatic heterocycles. The lowest BCUT2D eigenvalue weighted by Gasteiger charge is -2.10. The number of rotatable bonds is 8. The molecular formula is C14H22N2O3. The molecule has 0 heterocycles. The number of hydrogen-bond acceptors (Lipinski definition) is 4. The van der Waals surface area contributed by atoms with Gasteiger partial charge in [0.2, 0.25) is 0 Å². The zero-order chi connectivity index (χ0) is 14.3. The van der Waals surface area contributed by atoms with Gasteiger partial charge in [-0.15, -0.1) is 0 Å². The number of nitrogens with zero attached hydrogens (tertiary/aromatic N) is 1. The van der Waals surface area contributed by atoms with Gasteiger partial charge in [0.25, 0.3) is 5.69 Å². The molecule has 0 spiro atoms. The van der Waals surface area contributed by atoms with Gasteiger partial charge in [-0.1, -0.05) is 6.07 Å². The van der Waals surface area contributed by atoms with Crippen molar-refractivity contribution in [1.29, 1.82) is 0 Å². The Balaban J connectivity index is 2.36. The van der Waals surface area contributed by atoms with E-state index in [0.717, 1.165) is 37.2 Å². The second-order valence-electron chi connectivity index (χ2n) is 4.81. The van der Waals surface area contributed by atoms with Crippen molar-refractivity contribution in [2.75, 3.05) is 18.5 Å². The zero-order valence-electron chi connectivity index (χ0n) is 11.8. The van der Waals surface area contributed by atoms with E-state index in [1.54, 1.807) is 12.1 Å². The molecule has 106 valence electrons. The molecule has 1 aromatic rings. The van der Waals surface area contributed by atoms with E-state index in [0.29, 0.717) is 0 Å². The molecular weight excluding hydrogens is 244 g/mol. The van der Waals surface area contributed by atoms with Crippen LogP contribution in [-0.4, -0.2) is 24.2 Å². The standard InChI is InChI=1S/C14H22N2O3/c1-11(2)19-9-5-4-8-15-14-10-13(16(17)18)7-6-12(14)3/h6-7,10-11,15H,4-5,8-9H2,1-3H3. The van der Waals surface area contributed by atoms with Gasteiger partial charge in [-0.3, -0.25) is 10.1 Å². The van der Waals surface area contributed by atoms with Gasteiger partial charge in [0.05, 0.1) is 11.0 Å². The van der Waals surface area contributed by atoms with E-state index in [4.69, 9.17) is 4.74 Å². The number of nitrogens with one attached hydrogen (secondary N) is 1. The van der Waals surface area contributed by atoms with Crippen molar-refractivity contribution >= 4 is 11.4 Å². The second-order valence-corrected chi connectivity index (χ2v) is 4.81. The van der Waals surface area contributed by atoms with Gasteiger partial charge in [-0.25, -0.2) is 0 Å². The number of nitro benzene ring substituents is 1. The maximum Gasteiger partial charge on any atom is 0.271 e. The second kappa shape index (κ2) is 7.74. The summed E-state index contributed by atoms with van der Waals surface area (Å²) < 4.78 is 5.45. The van der Waals surface area contributed by atoms with E-state index < -0.39 is 0 Å². The first kappa shape index (κ1) is 15.4. The van der Waals surface area contributed by atoms with Gasteiger partial charge in [-0.05, 0) is 39.2 Å². The Labute approximate surface area is 114 Å². The molecule has 0 aliphatic carbocycles. The molecule has 0 radical (unpaired) electrons. The Kier molecular flexibility index (Phi) is 6.29. The molecule has 0 aliphatic rings. The molecule has 0 fully saturated rings. The van der Waals surface area contributed by atoms with Gasteiger partial charge in [0.15, 0.2) is 0 Å². The highest BCUT2D eigenvalue weighted by molar-refractivity contribution is 5.56. The fourth-order valence-electron chi connectivity index (χ4n) is 1.68. The molecule has 0 aliphatic heterocycles. The number of nitro groups is 1. The number of anilines is 1. The van der Waals surface area contributed by atoms with Crippen LogP contribution in [0.3, 0.4) is 0 Å². The predicted molar refractivity (Wildman–Crippen MR) is 76.6 cm³/mol. The lowest BCUT2D eigenvalue weighted by molar-refractivity contribution is -0.384. The summed E-state index contributed by atoms with van der Waals surface area (Å²) >= 11 is 0. The minimum Gasteiger partial charge on any atom is -0.385 e. The van der Waals surface area contributed by atoms with E-state index in [1.807, 2.05) is 20.8 Å². The first-order valence-electron chi connectivity index (χ1n) is 6.61. The zero-order valence-corrected chi connectivity index (χ0v) is 11.8. The molecule has 5 heteroatoms. The van der Waals surface area contributed by atoms with Crippen LogP contribution in [0.15, 0.2) is 18.2 Å². The molecule has 0 bridgehead atoms. The summed E-state index contributed by atoms with van der Waals surface area (Å²) in [6.07, 6.45) is 2.24. The molecule has 0 saturated heterocycles. The quantitative estimate of drug-likeness (QED) is 0.444. The molecule has 1 N–H and O–H groups in total. The number of benzene rings is 1. The number of non-ortho nitro benzene ring substituents is 1. The normalized spacial score (nSPS) is 10.7. The first-order chi connectivity index (χ1) is 9.00. The van der Waals surface area contributed by atoms with Crippen LogP contribution in [0.25, 0.3) is 0 Å². The van der Waals surface area contributed by atoms with Crippen molar-refractivity contribution in [3.8, 4) is 0 Å². The molecule has 19 heavy (non-hydrogen) atoms.